The first kappa shape index (κ1) is 37.3. The topological polar surface area (TPSA) is 224 Å². The van der Waals surface area contributed by atoms with E-state index >= 15 is 0 Å². The summed E-state index contributed by atoms with van der Waals surface area (Å²) >= 11 is 0. The molecular formula is C27H39NO17. The van der Waals surface area contributed by atoms with E-state index in [2.05, 4.69) is 5.32 Å². The van der Waals surface area contributed by atoms with Gasteiger partial charge in [-0.3, -0.25) is 33.6 Å². The fourth-order valence-electron chi connectivity index (χ4n) is 4.78. The SMILES string of the molecule is CO[C@H]1O[C@H](COC(C)=O)[C@@H](OC(C)=O)[C@H](O[C@@H]2O[C@H](COC(C)=O)[C@H](OC(C)=O)[C@H](OC(C)=O)[C@H]2OC(C)=O)[C@H]1NC(C)=O. The van der Waals surface area contributed by atoms with E-state index in [1.807, 2.05) is 0 Å². The number of hydrogen-bond acceptors (Lipinski definition) is 17. The van der Waals surface area contributed by atoms with Crippen LogP contribution in [0.15, 0.2) is 0 Å². The third-order valence-electron chi connectivity index (χ3n) is 6.24. The van der Waals surface area contributed by atoms with Gasteiger partial charge < -0.3 is 52.7 Å². The van der Waals surface area contributed by atoms with Gasteiger partial charge in [0.2, 0.25) is 5.91 Å². The molecule has 10 atom stereocenters. The number of ether oxygens (including phenoxy) is 10. The van der Waals surface area contributed by atoms with Crippen molar-refractivity contribution >= 4 is 41.7 Å². The summed E-state index contributed by atoms with van der Waals surface area (Å²) in [6.07, 6.45) is -13.1. The lowest BCUT2D eigenvalue weighted by Crippen LogP contribution is -2.69. The predicted octanol–water partition coefficient (Wildman–Crippen LogP) is -1.17. The minimum absolute atomic E-state index is 0.446. The highest BCUT2D eigenvalue weighted by Gasteiger charge is 2.57. The molecule has 0 aromatic rings. The summed E-state index contributed by atoms with van der Waals surface area (Å²) in [5, 5.41) is 2.60. The summed E-state index contributed by atoms with van der Waals surface area (Å²) in [6.45, 7) is 6.70. The van der Waals surface area contributed by atoms with Crippen LogP contribution in [0.3, 0.4) is 0 Å². The highest BCUT2D eigenvalue weighted by atomic mass is 16.8. The maximum absolute atomic E-state index is 12.3. The summed E-state index contributed by atoms with van der Waals surface area (Å²) in [6, 6.07) is -1.24. The van der Waals surface area contributed by atoms with Gasteiger partial charge in [-0.05, 0) is 0 Å². The first-order valence-electron chi connectivity index (χ1n) is 13.8. The molecule has 254 valence electrons. The summed E-state index contributed by atoms with van der Waals surface area (Å²) in [5.41, 5.74) is 0. The molecule has 1 amide bonds. The average molecular weight is 650 g/mol. The molecule has 1 N–H and O–H groups in total. The van der Waals surface area contributed by atoms with Crippen molar-refractivity contribution in [3.63, 3.8) is 0 Å². The number of carbonyl (C=O) groups is 7. The minimum atomic E-state index is -1.73. The van der Waals surface area contributed by atoms with Crippen molar-refractivity contribution in [1.29, 1.82) is 0 Å². The Hall–Kier alpha value is -3.87. The average Bonchev–Trinajstić information content (AvgIpc) is 2.90. The Kier molecular flexibility index (Phi) is 14.1. The van der Waals surface area contributed by atoms with Gasteiger partial charge in [-0.15, -0.1) is 0 Å². The summed E-state index contributed by atoms with van der Waals surface area (Å²) in [7, 11) is 1.25. The molecule has 0 spiro atoms. The first-order chi connectivity index (χ1) is 21.0. The van der Waals surface area contributed by atoms with E-state index in [0.717, 1.165) is 41.5 Å². The van der Waals surface area contributed by atoms with Crippen LogP contribution in [0.1, 0.15) is 48.5 Å². The van der Waals surface area contributed by atoms with Crippen molar-refractivity contribution in [2.75, 3.05) is 20.3 Å². The Morgan fingerprint density at radius 1 is 0.533 bits per heavy atom. The molecule has 0 saturated carbocycles. The smallest absolute Gasteiger partial charge is 0.303 e. The molecule has 2 aliphatic heterocycles. The van der Waals surface area contributed by atoms with Crippen LogP contribution in [0.4, 0.5) is 0 Å². The van der Waals surface area contributed by atoms with Crippen LogP contribution in [0.5, 0.6) is 0 Å². The number of methoxy groups -OCH3 is 1. The lowest BCUT2D eigenvalue weighted by Gasteiger charge is -2.49. The largest absolute Gasteiger partial charge is 0.463 e. The third kappa shape index (κ3) is 11.2. The maximum Gasteiger partial charge on any atom is 0.303 e. The first-order valence-corrected chi connectivity index (χ1v) is 13.8. The monoisotopic (exact) mass is 649 g/mol. The van der Waals surface area contributed by atoms with Crippen molar-refractivity contribution in [2.24, 2.45) is 0 Å². The van der Waals surface area contributed by atoms with Gasteiger partial charge in [0.15, 0.2) is 37.0 Å². The molecule has 18 nitrogen and oxygen atoms in total. The molecule has 2 fully saturated rings. The molecule has 0 aromatic heterocycles. The van der Waals surface area contributed by atoms with Crippen LogP contribution < -0.4 is 5.32 Å². The summed E-state index contributed by atoms with van der Waals surface area (Å²) in [4.78, 5) is 84.3. The zero-order valence-corrected chi connectivity index (χ0v) is 26.1. The standard InChI is InChI=1S/C27H39NO17/c1-11(29)28-20-23(21(39-14(4)32)18(9-37-12(2)30)43-26(20)36-8)45-27-25(42-17(7)35)24(41-16(6)34)22(40-15(5)33)19(44-27)10-38-13(3)31/h18-27H,9-10H2,1-8H3,(H,28,29)/t18-,19-,20-,21-,22+,23-,24+,25-,26+,27+/m1/s1. The minimum Gasteiger partial charge on any atom is -0.463 e. The van der Waals surface area contributed by atoms with E-state index in [9.17, 15) is 33.6 Å². The van der Waals surface area contributed by atoms with Crippen LogP contribution in [0.25, 0.3) is 0 Å². The number of amides is 1. The Balaban J connectivity index is 2.70. The predicted molar refractivity (Wildman–Crippen MR) is 142 cm³/mol. The van der Waals surface area contributed by atoms with E-state index in [4.69, 9.17) is 47.4 Å². The van der Waals surface area contributed by atoms with Gasteiger partial charge in [0.1, 0.15) is 37.6 Å². The van der Waals surface area contributed by atoms with E-state index in [1.54, 1.807) is 0 Å². The molecule has 18 heteroatoms. The highest BCUT2D eigenvalue weighted by Crippen LogP contribution is 2.34. The molecule has 2 saturated heterocycles. The normalized spacial score (nSPS) is 31.0. The molecular weight excluding hydrogens is 610 g/mol. The van der Waals surface area contributed by atoms with Gasteiger partial charge in [-0.2, -0.15) is 0 Å². The molecule has 0 unspecified atom stereocenters. The molecule has 2 aliphatic rings. The molecule has 2 heterocycles. The third-order valence-corrected chi connectivity index (χ3v) is 6.24. The number of carbonyl (C=O) groups excluding carboxylic acids is 7. The highest BCUT2D eigenvalue weighted by molar-refractivity contribution is 5.73. The molecule has 2 rings (SSSR count). The van der Waals surface area contributed by atoms with Gasteiger partial charge in [0.05, 0.1) is 0 Å². The molecule has 45 heavy (non-hydrogen) atoms. The van der Waals surface area contributed by atoms with Crippen molar-refractivity contribution in [2.45, 2.75) is 110 Å². The number of nitrogens with one attached hydrogen (secondary N) is 1. The fourth-order valence-corrected chi connectivity index (χ4v) is 4.78. The van der Waals surface area contributed by atoms with Gasteiger partial charge in [-0.25, -0.2) is 0 Å². The zero-order valence-electron chi connectivity index (χ0n) is 26.1. The van der Waals surface area contributed by atoms with Crippen LogP contribution >= 0.6 is 0 Å². The number of hydrogen-bond donors (Lipinski definition) is 1. The van der Waals surface area contributed by atoms with Gasteiger partial charge in [-0.1, -0.05) is 0 Å². The second kappa shape index (κ2) is 17.0. The molecule has 0 bridgehead atoms. The molecule has 0 aliphatic carbocycles. The Morgan fingerprint density at radius 2 is 0.933 bits per heavy atom. The van der Waals surface area contributed by atoms with Crippen molar-refractivity contribution in [3.05, 3.63) is 0 Å². The maximum atomic E-state index is 12.3. The van der Waals surface area contributed by atoms with Crippen LogP contribution in [0.2, 0.25) is 0 Å². The van der Waals surface area contributed by atoms with Crippen molar-refractivity contribution in [3.8, 4) is 0 Å². The Bertz CT molecular complexity index is 1110. The Morgan fingerprint density at radius 3 is 1.33 bits per heavy atom. The number of esters is 6. The zero-order chi connectivity index (χ0) is 34.0. The van der Waals surface area contributed by atoms with E-state index in [0.29, 0.717) is 0 Å². The lowest BCUT2D eigenvalue weighted by molar-refractivity contribution is -0.345. The van der Waals surface area contributed by atoms with Gasteiger partial charge >= 0.3 is 35.8 Å². The quantitative estimate of drug-likeness (QED) is 0.194. The second-order valence-corrected chi connectivity index (χ2v) is 10.0. The molecule has 0 radical (unpaired) electrons. The molecule has 0 aromatic carbocycles. The van der Waals surface area contributed by atoms with E-state index < -0.39 is 116 Å². The van der Waals surface area contributed by atoms with Crippen molar-refractivity contribution < 1.29 is 80.9 Å². The summed E-state index contributed by atoms with van der Waals surface area (Å²) in [5.74, 6) is -5.41. The fraction of sp³-hybridized carbons (Fsp3) is 0.741. The number of rotatable bonds is 12. The van der Waals surface area contributed by atoms with E-state index in [1.165, 1.54) is 14.0 Å². The van der Waals surface area contributed by atoms with Crippen molar-refractivity contribution in [1.82, 2.24) is 5.32 Å². The van der Waals surface area contributed by atoms with E-state index in [-0.39, 0.29) is 0 Å². The Labute approximate surface area is 258 Å². The van der Waals surface area contributed by atoms with Gasteiger partial charge in [0.25, 0.3) is 0 Å². The lowest BCUT2D eigenvalue weighted by atomic mass is 9.94. The second-order valence-electron chi connectivity index (χ2n) is 10.0. The summed E-state index contributed by atoms with van der Waals surface area (Å²) < 4.78 is 55.5. The van der Waals surface area contributed by atoms with Crippen LogP contribution in [0, 0.1) is 0 Å². The van der Waals surface area contributed by atoms with Gasteiger partial charge in [0, 0.05) is 55.6 Å². The van der Waals surface area contributed by atoms with Crippen LogP contribution in [-0.4, -0.2) is 123 Å². The van der Waals surface area contributed by atoms with Crippen LogP contribution in [-0.2, 0) is 80.9 Å².